The van der Waals surface area contributed by atoms with Crippen LogP contribution >= 0.6 is 11.3 Å². The fourth-order valence-electron chi connectivity index (χ4n) is 2.09. The largest absolute Gasteiger partial charge is 0.314 e. The molecule has 102 valence electrons. The van der Waals surface area contributed by atoms with Gasteiger partial charge in [-0.2, -0.15) is 9.61 Å². The van der Waals surface area contributed by atoms with Crippen molar-refractivity contribution in [2.75, 3.05) is 20.1 Å². The van der Waals surface area contributed by atoms with Crippen molar-refractivity contribution in [1.29, 1.82) is 0 Å². The van der Waals surface area contributed by atoms with E-state index in [1.165, 1.54) is 15.9 Å². The highest BCUT2D eigenvalue weighted by Gasteiger charge is 2.22. The Hall–Kier alpha value is -1.31. The van der Waals surface area contributed by atoms with E-state index in [1.807, 2.05) is 6.92 Å². The summed E-state index contributed by atoms with van der Waals surface area (Å²) in [5, 5.41) is 8.44. The SMILES string of the molecule is CCc1nn2c(=O)cc(CN(C)C3CNC3)nc2s1. The highest BCUT2D eigenvalue weighted by molar-refractivity contribution is 7.16. The average molecular weight is 279 g/mol. The van der Waals surface area contributed by atoms with Gasteiger partial charge in [-0.3, -0.25) is 9.69 Å². The Bertz CT molecular complexity index is 645. The minimum atomic E-state index is -0.0870. The number of rotatable bonds is 4. The van der Waals surface area contributed by atoms with E-state index in [1.54, 1.807) is 6.07 Å². The topological polar surface area (TPSA) is 62.5 Å². The zero-order valence-electron chi connectivity index (χ0n) is 11.1. The Balaban J connectivity index is 1.89. The Morgan fingerprint density at radius 3 is 3.00 bits per heavy atom. The molecule has 19 heavy (non-hydrogen) atoms. The first-order valence-electron chi connectivity index (χ1n) is 6.47. The first-order valence-corrected chi connectivity index (χ1v) is 7.28. The van der Waals surface area contributed by atoms with Crippen molar-refractivity contribution in [3.05, 3.63) is 27.1 Å². The Labute approximate surface area is 115 Å². The second kappa shape index (κ2) is 4.99. The maximum Gasteiger partial charge on any atom is 0.275 e. The normalized spacial score (nSPS) is 16.2. The van der Waals surface area contributed by atoms with E-state index < -0.39 is 0 Å². The fourth-order valence-corrected chi connectivity index (χ4v) is 2.95. The molecule has 0 spiro atoms. The van der Waals surface area contributed by atoms with Gasteiger partial charge in [0.1, 0.15) is 5.01 Å². The third kappa shape index (κ3) is 2.41. The van der Waals surface area contributed by atoms with Gasteiger partial charge in [-0.05, 0) is 13.5 Å². The van der Waals surface area contributed by atoms with E-state index in [0.717, 1.165) is 30.2 Å². The van der Waals surface area contributed by atoms with Gasteiger partial charge in [0.25, 0.3) is 5.56 Å². The smallest absolute Gasteiger partial charge is 0.275 e. The van der Waals surface area contributed by atoms with E-state index in [0.29, 0.717) is 17.5 Å². The van der Waals surface area contributed by atoms with E-state index >= 15 is 0 Å². The van der Waals surface area contributed by atoms with Crippen LogP contribution in [-0.4, -0.2) is 45.7 Å². The predicted molar refractivity (Wildman–Crippen MR) is 74.6 cm³/mol. The molecule has 1 fully saturated rings. The number of hydrogen-bond acceptors (Lipinski definition) is 6. The summed E-state index contributed by atoms with van der Waals surface area (Å²) in [5.74, 6) is 0. The first-order chi connectivity index (χ1) is 9.17. The molecule has 7 heteroatoms. The van der Waals surface area contributed by atoms with Crippen LogP contribution in [0.25, 0.3) is 4.96 Å². The molecule has 3 rings (SSSR count). The van der Waals surface area contributed by atoms with Crippen LogP contribution in [0.4, 0.5) is 0 Å². The van der Waals surface area contributed by atoms with Crippen LogP contribution in [-0.2, 0) is 13.0 Å². The maximum atomic E-state index is 12.0. The van der Waals surface area contributed by atoms with Gasteiger partial charge in [0.15, 0.2) is 0 Å². The van der Waals surface area contributed by atoms with Crippen LogP contribution in [0.15, 0.2) is 10.9 Å². The average Bonchev–Trinajstić information content (AvgIpc) is 2.70. The van der Waals surface area contributed by atoms with Crippen molar-refractivity contribution in [3.63, 3.8) is 0 Å². The summed E-state index contributed by atoms with van der Waals surface area (Å²) in [5.41, 5.74) is 0.738. The van der Waals surface area contributed by atoms with Crippen LogP contribution in [0.2, 0.25) is 0 Å². The van der Waals surface area contributed by atoms with Gasteiger partial charge in [0.2, 0.25) is 4.96 Å². The fraction of sp³-hybridized carbons (Fsp3) is 0.583. The number of nitrogens with zero attached hydrogens (tertiary/aromatic N) is 4. The van der Waals surface area contributed by atoms with E-state index in [4.69, 9.17) is 0 Å². The number of aromatic nitrogens is 3. The van der Waals surface area contributed by atoms with Gasteiger partial charge >= 0.3 is 0 Å². The van der Waals surface area contributed by atoms with Gasteiger partial charge < -0.3 is 5.32 Å². The molecule has 1 aliphatic rings. The lowest BCUT2D eigenvalue weighted by molar-refractivity contribution is 0.171. The molecule has 2 aromatic heterocycles. The maximum absolute atomic E-state index is 12.0. The molecule has 0 atom stereocenters. The molecular formula is C12H17N5OS. The molecule has 1 N–H and O–H groups in total. The highest BCUT2D eigenvalue weighted by atomic mass is 32.1. The number of aryl methyl sites for hydroxylation is 1. The summed E-state index contributed by atoms with van der Waals surface area (Å²) in [4.78, 5) is 19.5. The molecule has 0 bridgehead atoms. The molecule has 0 radical (unpaired) electrons. The molecule has 0 saturated carbocycles. The summed E-state index contributed by atoms with van der Waals surface area (Å²) < 4.78 is 1.40. The highest BCUT2D eigenvalue weighted by Crippen LogP contribution is 2.13. The second-order valence-corrected chi connectivity index (χ2v) is 5.90. The molecule has 0 aliphatic carbocycles. The third-order valence-electron chi connectivity index (χ3n) is 3.44. The van der Waals surface area contributed by atoms with Gasteiger partial charge in [-0.1, -0.05) is 18.3 Å². The van der Waals surface area contributed by atoms with E-state index in [2.05, 4.69) is 27.3 Å². The lowest BCUT2D eigenvalue weighted by Crippen LogP contribution is -2.55. The molecule has 0 unspecified atom stereocenters. The van der Waals surface area contributed by atoms with Gasteiger partial charge in [-0.15, -0.1) is 0 Å². The van der Waals surface area contributed by atoms with Crippen LogP contribution in [0, 0.1) is 0 Å². The third-order valence-corrected chi connectivity index (χ3v) is 4.49. The Morgan fingerprint density at radius 2 is 2.37 bits per heavy atom. The van der Waals surface area contributed by atoms with Gasteiger partial charge in [0, 0.05) is 31.7 Å². The van der Waals surface area contributed by atoms with Gasteiger partial charge in [-0.25, -0.2) is 4.98 Å². The van der Waals surface area contributed by atoms with Gasteiger partial charge in [0.05, 0.1) is 5.69 Å². The summed E-state index contributed by atoms with van der Waals surface area (Å²) in [6.07, 6.45) is 0.830. The summed E-state index contributed by atoms with van der Waals surface area (Å²) in [6.45, 7) is 4.76. The van der Waals surface area contributed by atoms with Crippen LogP contribution < -0.4 is 10.9 Å². The van der Waals surface area contributed by atoms with Crippen LogP contribution in [0.5, 0.6) is 0 Å². The number of fused-ring (bicyclic) bond motifs is 1. The molecule has 0 aromatic carbocycles. The van der Waals surface area contributed by atoms with E-state index in [9.17, 15) is 4.79 Å². The predicted octanol–water partition coefficient (Wildman–Crippen LogP) is 0.117. The van der Waals surface area contributed by atoms with Crippen molar-refractivity contribution in [2.24, 2.45) is 0 Å². The van der Waals surface area contributed by atoms with Crippen LogP contribution in [0.3, 0.4) is 0 Å². The second-order valence-electron chi connectivity index (χ2n) is 4.86. The first kappa shape index (κ1) is 12.7. The number of hydrogen-bond donors (Lipinski definition) is 1. The monoisotopic (exact) mass is 279 g/mol. The van der Waals surface area contributed by atoms with Crippen LogP contribution in [0.1, 0.15) is 17.6 Å². The Kier molecular flexibility index (Phi) is 3.34. The molecule has 1 saturated heterocycles. The quantitative estimate of drug-likeness (QED) is 0.861. The molecule has 1 aliphatic heterocycles. The number of nitrogens with one attached hydrogen (secondary N) is 1. The molecule has 3 heterocycles. The van der Waals surface area contributed by atoms with Crippen molar-refractivity contribution >= 4 is 16.3 Å². The lowest BCUT2D eigenvalue weighted by Gasteiger charge is -2.35. The van der Waals surface area contributed by atoms with Crippen molar-refractivity contribution in [2.45, 2.75) is 25.9 Å². The summed E-state index contributed by atoms with van der Waals surface area (Å²) >= 11 is 1.49. The zero-order valence-corrected chi connectivity index (χ0v) is 11.9. The lowest BCUT2D eigenvalue weighted by atomic mass is 10.1. The molecular weight excluding hydrogens is 262 g/mol. The van der Waals surface area contributed by atoms with Crippen molar-refractivity contribution in [3.8, 4) is 0 Å². The molecule has 6 nitrogen and oxygen atoms in total. The molecule has 0 amide bonds. The minimum Gasteiger partial charge on any atom is -0.314 e. The molecule has 2 aromatic rings. The van der Waals surface area contributed by atoms with Crippen molar-refractivity contribution in [1.82, 2.24) is 24.8 Å². The number of likely N-dealkylation sites (N-methyl/N-ethyl adjacent to an activating group) is 1. The minimum absolute atomic E-state index is 0.0870. The summed E-state index contributed by atoms with van der Waals surface area (Å²) in [7, 11) is 2.07. The van der Waals surface area contributed by atoms with E-state index in [-0.39, 0.29) is 5.56 Å². The standard InChI is InChI=1S/C12H17N5OS/c1-3-10-15-17-11(18)4-8(14-12(17)19-10)7-16(2)9-5-13-6-9/h4,9,13H,3,5-7H2,1-2H3. The van der Waals surface area contributed by atoms with Crippen molar-refractivity contribution < 1.29 is 0 Å². The zero-order chi connectivity index (χ0) is 13.4. The summed E-state index contributed by atoms with van der Waals surface area (Å²) in [6, 6.07) is 2.14. The Morgan fingerprint density at radius 1 is 1.58 bits per heavy atom.